The number of benzene rings is 2. The Morgan fingerprint density at radius 3 is 2.41 bits per heavy atom. The molecule has 6 heteroatoms. The maximum atomic E-state index is 10.7. The Morgan fingerprint density at radius 2 is 1.86 bits per heavy atom. The average Bonchev–Trinajstić information content (AvgIpc) is 2.51. The first-order valence-corrected chi connectivity index (χ1v) is 6.74. The standard InChI is InChI=1S/C16H12ClNO4/c1-10(16(19)20)21-12-3-5-13(6-4-12)22-15-7-2-11(9-18)8-14(15)17/h2-8,10H,1H3,(H,19,20)/t10-/m0/s1. The van der Waals surface area contributed by atoms with Gasteiger partial charge in [0.2, 0.25) is 0 Å². The van der Waals surface area contributed by atoms with Gasteiger partial charge in [-0.05, 0) is 49.4 Å². The fraction of sp³-hybridized carbons (Fsp3) is 0.125. The van der Waals surface area contributed by atoms with E-state index in [2.05, 4.69) is 0 Å². The first kappa shape index (κ1) is 15.7. The molecule has 1 atom stereocenters. The van der Waals surface area contributed by atoms with E-state index in [0.29, 0.717) is 27.8 Å². The van der Waals surface area contributed by atoms with Crippen molar-refractivity contribution in [2.75, 3.05) is 0 Å². The zero-order valence-corrected chi connectivity index (χ0v) is 12.4. The Hall–Kier alpha value is -2.71. The third-order valence-corrected chi connectivity index (χ3v) is 3.07. The molecule has 0 radical (unpaired) electrons. The van der Waals surface area contributed by atoms with Gasteiger partial charge < -0.3 is 14.6 Å². The second kappa shape index (κ2) is 6.83. The molecule has 1 N–H and O–H groups in total. The molecule has 0 spiro atoms. The molecule has 0 aliphatic rings. The minimum absolute atomic E-state index is 0.332. The maximum absolute atomic E-state index is 10.7. The largest absolute Gasteiger partial charge is 0.479 e. The van der Waals surface area contributed by atoms with Crippen LogP contribution in [-0.4, -0.2) is 17.2 Å². The number of carbonyl (C=O) groups is 1. The molecule has 0 fully saturated rings. The van der Waals surface area contributed by atoms with Crippen molar-refractivity contribution in [2.45, 2.75) is 13.0 Å². The average molecular weight is 318 g/mol. The summed E-state index contributed by atoms with van der Waals surface area (Å²) in [7, 11) is 0. The molecule has 22 heavy (non-hydrogen) atoms. The summed E-state index contributed by atoms with van der Waals surface area (Å²) in [6, 6.07) is 13.2. The third kappa shape index (κ3) is 3.90. The van der Waals surface area contributed by atoms with Gasteiger partial charge in [0.1, 0.15) is 17.2 Å². The van der Waals surface area contributed by atoms with Crippen molar-refractivity contribution in [3.63, 3.8) is 0 Å². The van der Waals surface area contributed by atoms with E-state index in [9.17, 15) is 4.79 Å². The van der Waals surface area contributed by atoms with Crippen molar-refractivity contribution in [2.24, 2.45) is 0 Å². The van der Waals surface area contributed by atoms with Crippen molar-refractivity contribution >= 4 is 17.6 Å². The van der Waals surface area contributed by atoms with Gasteiger partial charge in [-0.25, -0.2) is 4.79 Å². The van der Waals surface area contributed by atoms with E-state index in [4.69, 9.17) is 31.4 Å². The lowest BCUT2D eigenvalue weighted by Crippen LogP contribution is -2.22. The maximum Gasteiger partial charge on any atom is 0.344 e. The van der Waals surface area contributed by atoms with Crippen molar-refractivity contribution < 1.29 is 19.4 Å². The Labute approximate surface area is 132 Å². The molecular formula is C16H12ClNO4. The molecule has 2 rings (SSSR count). The molecule has 5 nitrogen and oxygen atoms in total. The SMILES string of the molecule is C[C@H](Oc1ccc(Oc2ccc(C#N)cc2Cl)cc1)C(=O)O. The van der Waals surface area contributed by atoms with E-state index in [-0.39, 0.29) is 0 Å². The molecule has 0 bridgehead atoms. The van der Waals surface area contributed by atoms with Crippen molar-refractivity contribution in [3.05, 3.63) is 53.1 Å². The Kier molecular flexibility index (Phi) is 4.87. The van der Waals surface area contributed by atoms with Crippen molar-refractivity contribution in [3.8, 4) is 23.3 Å². The predicted molar refractivity (Wildman–Crippen MR) is 80.4 cm³/mol. The number of carboxylic acid groups (broad SMARTS) is 1. The number of carboxylic acids is 1. The molecule has 0 aliphatic heterocycles. The topological polar surface area (TPSA) is 79.5 Å². The normalized spacial score (nSPS) is 11.3. The Balaban J connectivity index is 2.08. The highest BCUT2D eigenvalue weighted by Crippen LogP contribution is 2.30. The van der Waals surface area contributed by atoms with Gasteiger partial charge >= 0.3 is 5.97 Å². The highest BCUT2D eigenvalue weighted by molar-refractivity contribution is 6.32. The zero-order chi connectivity index (χ0) is 16.1. The zero-order valence-electron chi connectivity index (χ0n) is 11.6. The molecule has 0 unspecified atom stereocenters. The lowest BCUT2D eigenvalue weighted by atomic mass is 10.2. The molecule has 0 saturated heterocycles. The monoisotopic (exact) mass is 317 g/mol. The van der Waals surface area contributed by atoms with Gasteiger partial charge in [-0.3, -0.25) is 0 Å². The van der Waals surface area contributed by atoms with E-state index >= 15 is 0 Å². The molecule has 0 heterocycles. The highest BCUT2D eigenvalue weighted by atomic mass is 35.5. The van der Waals surface area contributed by atoms with Gasteiger partial charge in [0.25, 0.3) is 0 Å². The molecule has 0 saturated carbocycles. The van der Waals surface area contributed by atoms with Crippen LogP contribution in [0.1, 0.15) is 12.5 Å². The fourth-order valence-electron chi connectivity index (χ4n) is 1.62. The summed E-state index contributed by atoms with van der Waals surface area (Å²) >= 11 is 6.03. The number of hydrogen-bond donors (Lipinski definition) is 1. The first-order chi connectivity index (χ1) is 10.5. The molecule has 2 aromatic rings. The smallest absolute Gasteiger partial charge is 0.344 e. The summed E-state index contributed by atoms with van der Waals surface area (Å²) in [5, 5.41) is 17.9. The summed E-state index contributed by atoms with van der Waals surface area (Å²) in [5.41, 5.74) is 0.448. The van der Waals surface area contributed by atoms with Crippen LogP contribution < -0.4 is 9.47 Å². The van der Waals surface area contributed by atoms with Gasteiger partial charge in [-0.1, -0.05) is 11.6 Å². The van der Waals surface area contributed by atoms with Crippen molar-refractivity contribution in [1.29, 1.82) is 5.26 Å². The predicted octanol–water partition coefficient (Wildman–Crippen LogP) is 3.86. The number of nitrogens with zero attached hydrogens (tertiary/aromatic N) is 1. The molecule has 0 amide bonds. The Morgan fingerprint density at radius 1 is 1.23 bits per heavy atom. The van der Waals surface area contributed by atoms with Gasteiger partial charge in [-0.15, -0.1) is 0 Å². The van der Waals surface area contributed by atoms with Crippen LogP contribution in [0.15, 0.2) is 42.5 Å². The van der Waals surface area contributed by atoms with E-state index < -0.39 is 12.1 Å². The van der Waals surface area contributed by atoms with E-state index in [1.807, 2.05) is 6.07 Å². The number of nitriles is 1. The second-order valence-electron chi connectivity index (χ2n) is 4.43. The molecule has 112 valence electrons. The molecule has 0 aromatic heterocycles. The van der Waals surface area contributed by atoms with Crippen LogP contribution in [0.25, 0.3) is 0 Å². The third-order valence-electron chi connectivity index (χ3n) is 2.77. The van der Waals surface area contributed by atoms with Crippen molar-refractivity contribution in [1.82, 2.24) is 0 Å². The molecule has 0 aliphatic carbocycles. The summed E-state index contributed by atoms with van der Waals surface area (Å²) in [5.74, 6) is 0.327. The van der Waals surface area contributed by atoms with Crippen LogP contribution in [-0.2, 0) is 4.79 Å². The van der Waals surface area contributed by atoms with E-state index in [1.165, 1.54) is 13.0 Å². The molecular weight excluding hydrogens is 306 g/mol. The van der Waals surface area contributed by atoms with Gasteiger partial charge in [-0.2, -0.15) is 5.26 Å². The van der Waals surface area contributed by atoms with Gasteiger partial charge in [0, 0.05) is 0 Å². The first-order valence-electron chi connectivity index (χ1n) is 6.36. The Bertz CT molecular complexity index is 722. The summed E-state index contributed by atoms with van der Waals surface area (Å²) < 4.78 is 10.8. The number of halogens is 1. The number of aliphatic carboxylic acids is 1. The molecule has 2 aromatic carbocycles. The minimum atomic E-state index is -1.04. The highest BCUT2D eigenvalue weighted by Gasteiger charge is 2.12. The summed E-state index contributed by atoms with van der Waals surface area (Å²) in [4.78, 5) is 10.7. The van der Waals surface area contributed by atoms with Gasteiger partial charge in [0.15, 0.2) is 6.10 Å². The number of hydrogen-bond acceptors (Lipinski definition) is 4. The van der Waals surface area contributed by atoms with E-state index in [1.54, 1.807) is 36.4 Å². The van der Waals surface area contributed by atoms with Crippen LogP contribution in [0.3, 0.4) is 0 Å². The number of rotatable bonds is 5. The number of ether oxygens (including phenoxy) is 2. The summed E-state index contributed by atoms with van der Waals surface area (Å²) in [6.07, 6.45) is -0.931. The van der Waals surface area contributed by atoms with Crippen LogP contribution in [0.4, 0.5) is 0 Å². The van der Waals surface area contributed by atoms with E-state index in [0.717, 1.165) is 0 Å². The van der Waals surface area contributed by atoms with Crippen LogP contribution in [0, 0.1) is 11.3 Å². The lowest BCUT2D eigenvalue weighted by Gasteiger charge is -2.11. The second-order valence-corrected chi connectivity index (χ2v) is 4.84. The van der Waals surface area contributed by atoms with Gasteiger partial charge in [0.05, 0.1) is 16.7 Å². The summed E-state index contributed by atoms with van der Waals surface area (Å²) in [6.45, 7) is 1.45. The van der Waals surface area contributed by atoms with Crippen LogP contribution in [0.5, 0.6) is 17.2 Å². The minimum Gasteiger partial charge on any atom is -0.479 e. The fourth-order valence-corrected chi connectivity index (χ4v) is 1.84. The quantitative estimate of drug-likeness (QED) is 0.905. The van der Waals surface area contributed by atoms with Crippen LogP contribution in [0.2, 0.25) is 5.02 Å². The lowest BCUT2D eigenvalue weighted by molar-refractivity contribution is -0.144. The van der Waals surface area contributed by atoms with Crippen LogP contribution >= 0.6 is 11.6 Å².